The molecular weight excluding hydrogens is 284 g/mol. The van der Waals surface area contributed by atoms with Crippen LogP contribution in [0, 0.1) is 0 Å². The predicted molar refractivity (Wildman–Crippen MR) is 83.5 cm³/mol. The molecule has 1 aromatic heterocycles. The maximum absolute atomic E-state index is 12.6. The third-order valence-corrected chi connectivity index (χ3v) is 4.15. The van der Waals surface area contributed by atoms with E-state index >= 15 is 0 Å². The van der Waals surface area contributed by atoms with Crippen LogP contribution in [0.15, 0.2) is 48.7 Å². The molecule has 1 amide bonds. The van der Waals surface area contributed by atoms with E-state index in [1.165, 1.54) is 5.56 Å². The largest absolute Gasteiger partial charge is 0.335 e. The Labute approximate surface area is 129 Å². The molecule has 1 saturated heterocycles. The van der Waals surface area contributed by atoms with E-state index in [-0.39, 0.29) is 11.9 Å². The van der Waals surface area contributed by atoms with Gasteiger partial charge in [0, 0.05) is 18.8 Å². The first-order chi connectivity index (χ1) is 10.2. The van der Waals surface area contributed by atoms with Gasteiger partial charge in [0.1, 0.15) is 5.15 Å². The lowest BCUT2D eigenvalue weighted by atomic mass is 10.0. The third kappa shape index (κ3) is 3.24. The molecule has 0 radical (unpaired) electrons. The predicted octanol–water partition coefficient (Wildman–Crippen LogP) is 3.58. The number of pyridine rings is 1. The van der Waals surface area contributed by atoms with Crippen LogP contribution in [-0.2, 0) is 6.42 Å². The minimum atomic E-state index is 0.0533. The maximum atomic E-state index is 12.6. The molecule has 0 spiro atoms. The van der Waals surface area contributed by atoms with E-state index in [1.807, 2.05) is 23.1 Å². The van der Waals surface area contributed by atoms with Gasteiger partial charge in [0.25, 0.3) is 5.91 Å². The van der Waals surface area contributed by atoms with Crippen LogP contribution >= 0.6 is 11.6 Å². The molecule has 3 nitrogen and oxygen atoms in total. The topological polar surface area (TPSA) is 33.2 Å². The molecular formula is C17H17ClN2O. The van der Waals surface area contributed by atoms with Gasteiger partial charge < -0.3 is 4.90 Å². The SMILES string of the molecule is O=C(c1ccc(Cl)nc1)N1CCCC1Cc1ccccc1. The zero-order valence-electron chi connectivity index (χ0n) is 11.7. The summed E-state index contributed by atoms with van der Waals surface area (Å²) in [6.45, 7) is 0.818. The third-order valence-electron chi connectivity index (χ3n) is 3.93. The summed E-state index contributed by atoms with van der Waals surface area (Å²) in [4.78, 5) is 18.6. The van der Waals surface area contributed by atoms with Gasteiger partial charge in [-0.05, 0) is 37.0 Å². The highest BCUT2D eigenvalue weighted by Crippen LogP contribution is 2.23. The average molecular weight is 301 g/mol. The highest BCUT2D eigenvalue weighted by Gasteiger charge is 2.29. The minimum Gasteiger partial charge on any atom is -0.335 e. The molecule has 2 aromatic rings. The monoisotopic (exact) mass is 300 g/mol. The second kappa shape index (κ2) is 6.27. The van der Waals surface area contributed by atoms with Gasteiger partial charge in [-0.3, -0.25) is 4.79 Å². The number of halogens is 1. The Morgan fingerprint density at radius 3 is 2.76 bits per heavy atom. The Morgan fingerprint density at radius 2 is 2.05 bits per heavy atom. The van der Waals surface area contributed by atoms with Crippen molar-refractivity contribution in [2.24, 2.45) is 0 Å². The Kier molecular flexibility index (Phi) is 4.20. The molecule has 21 heavy (non-hydrogen) atoms. The summed E-state index contributed by atoms with van der Waals surface area (Å²) in [5.74, 6) is 0.0533. The van der Waals surface area contributed by atoms with Crippen LogP contribution in [0.1, 0.15) is 28.8 Å². The van der Waals surface area contributed by atoms with Gasteiger partial charge in [0.15, 0.2) is 0 Å². The van der Waals surface area contributed by atoms with Crippen molar-refractivity contribution >= 4 is 17.5 Å². The standard InChI is InChI=1S/C17H17ClN2O/c18-16-9-8-14(12-19-16)17(21)20-10-4-7-15(20)11-13-5-2-1-3-6-13/h1-3,5-6,8-9,12,15H,4,7,10-11H2. The van der Waals surface area contributed by atoms with Gasteiger partial charge in [-0.2, -0.15) is 0 Å². The zero-order chi connectivity index (χ0) is 14.7. The lowest BCUT2D eigenvalue weighted by Crippen LogP contribution is -2.36. The first-order valence-corrected chi connectivity index (χ1v) is 7.58. The Morgan fingerprint density at radius 1 is 1.24 bits per heavy atom. The van der Waals surface area contributed by atoms with E-state index < -0.39 is 0 Å². The van der Waals surface area contributed by atoms with Crippen LogP contribution < -0.4 is 0 Å². The zero-order valence-corrected chi connectivity index (χ0v) is 12.5. The summed E-state index contributed by atoms with van der Waals surface area (Å²) < 4.78 is 0. The van der Waals surface area contributed by atoms with Crippen molar-refractivity contribution in [2.75, 3.05) is 6.54 Å². The lowest BCUT2D eigenvalue weighted by Gasteiger charge is -2.25. The van der Waals surface area contributed by atoms with Crippen LogP contribution in [0.2, 0.25) is 5.15 Å². The Hall–Kier alpha value is -1.87. The van der Waals surface area contributed by atoms with Gasteiger partial charge >= 0.3 is 0 Å². The summed E-state index contributed by atoms with van der Waals surface area (Å²) in [6.07, 6.45) is 4.59. The first-order valence-electron chi connectivity index (χ1n) is 7.20. The molecule has 1 unspecified atom stereocenters. The molecule has 108 valence electrons. The normalized spacial score (nSPS) is 18.0. The second-order valence-electron chi connectivity index (χ2n) is 5.35. The number of hydrogen-bond donors (Lipinski definition) is 0. The lowest BCUT2D eigenvalue weighted by molar-refractivity contribution is 0.0736. The molecule has 1 atom stereocenters. The van der Waals surface area contributed by atoms with Crippen LogP contribution in [0.25, 0.3) is 0 Å². The molecule has 0 aliphatic carbocycles. The number of nitrogens with zero attached hydrogens (tertiary/aromatic N) is 2. The van der Waals surface area contributed by atoms with E-state index in [0.29, 0.717) is 10.7 Å². The first kappa shape index (κ1) is 14.1. The molecule has 0 saturated carbocycles. The van der Waals surface area contributed by atoms with E-state index in [9.17, 15) is 4.79 Å². The summed E-state index contributed by atoms with van der Waals surface area (Å²) >= 11 is 5.78. The molecule has 4 heteroatoms. The highest BCUT2D eigenvalue weighted by atomic mass is 35.5. The quantitative estimate of drug-likeness (QED) is 0.812. The number of likely N-dealkylation sites (tertiary alicyclic amines) is 1. The number of carbonyl (C=O) groups excluding carboxylic acids is 1. The Bertz CT molecular complexity index is 612. The van der Waals surface area contributed by atoms with Crippen LogP contribution in [-0.4, -0.2) is 28.4 Å². The summed E-state index contributed by atoms with van der Waals surface area (Å²) in [5.41, 5.74) is 1.88. The van der Waals surface area contributed by atoms with Crippen molar-refractivity contribution in [3.63, 3.8) is 0 Å². The molecule has 1 aliphatic heterocycles. The van der Waals surface area contributed by atoms with E-state index in [2.05, 4.69) is 17.1 Å². The fraction of sp³-hybridized carbons (Fsp3) is 0.294. The minimum absolute atomic E-state index is 0.0533. The van der Waals surface area contributed by atoms with Gasteiger partial charge in [-0.15, -0.1) is 0 Å². The van der Waals surface area contributed by atoms with Crippen LogP contribution in [0.5, 0.6) is 0 Å². The second-order valence-corrected chi connectivity index (χ2v) is 5.74. The average Bonchev–Trinajstić information content (AvgIpc) is 2.96. The van der Waals surface area contributed by atoms with E-state index in [0.717, 1.165) is 25.8 Å². The maximum Gasteiger partial charge on any atom is 0.255 e. The van der Waals surface area contributed by atoms with Crippen molar-refractivity contribution in [2.45, 2.75) is 25.3 Å². The molecule has 2 heterocycles. The molecule has 0 N–H and O–H groups in total. The highest BCUT2D eigenvalue weighted by molar-refractivity contribution is 6.29. The van der Waals surface area contributed by atoms with Crippen molar-refractivity contribution < 1.29 is 4.79 Å². The van der Waals surface area contributed by atoms with Crippen molar-refractivity contribution in [3.05, 3.63) is 64.9 Å². The van der Waals surface area contributed by atoms with Gasteiger partial charge in [0.2, 0.25) is 0 Å². The van der Waals surface area contributed by atoms with Gasteiger partial charge in [-0.25, -0.2) is 4.98 Å². The fourth-order valence-corrected chi connectivity index (χ4v) is 2.98. The summed E-state index contributed by atoms with van der Waals surface area (Å²) in [6, 6.07) is 14.0. The van der Waals surface area contributed by atoms with Crippen molar-refractivity contribution in [3.8, 4) is 0 Å². The number of hydrogen-bond acceptors (Lipinski definition) is 2. The molecule has 1 aromatic carbocycles. The summed E-state index contributed by atoms with van der Waals surface area (Å²) in [7, 11) is 0. The number of aromatic nitrogens is 1. The number of rotatable bonds is 3. The number of carbonyl (C=O) groups is 1. The van der Waals surface area contributed by atoms with Gasteiger partial charge in [-0.1, -0.05) is 41.9 Å². The van der Waals surface area contributed by atoms with E-state index in [1.54, 1.807) is 18.3 Å². The number of benzene rings is 1. The molecule has 1 aliphatic rings. The smallest absolute Gasteiger partial charge is 0.255 e. The molecule has 1 fully saturated rings. The van der Waals surface area contributed by atoms with Crippen molar-refractivity contribution in [1.82, 2.24) is 9.88 Å². The van der Waals surface area contributed by atoms with Crippen LogP contribution in [0.4, 0.5) is 0 Å². The number of amides is 1. The van der Waals surface area contributed by atoms with Crippen LogP contribution in [0.3, 0.4) is 0 Å². The van der Waals surface area contributed by atoms with E-state index in [4.69, 9.17) is 11.6 Å². The Balaban J connectivity index is 1.74. The fourth-order valence-electron chi connectivity index (χ4n) is 2.87. The molecule has 3 rings (SSSR count). The van der Waals surface area contributed by atoms with Gasteiger partial charge in [0.05, 0.1) is 5.56 Å². The summed E-state index contributed by atoms with van der Waals surface area (Å²) in [5, 5.41) is 0.411. The van der Waals surface area contributed by atoms with Crippen molar-refractivity contribution in [1.29, 1.82) is 0 Å². The molecule has 0 bridgehead atoms.